The van der Waals surface area contributed by atoms with Gasteiger partial charge in [-0.2, -0.15) is 5.10 Å². The Morgan fingerprint density at radius 3 is 2.42 bits per heavy atom. The van der Waals surface area contributed by atoms with Crippen molar-refractivity contribution in [2.45, 2.75) is 0 Å². The van der Waals surface area contributed by atoms with E-state index < -0.39 is 4.92 Å². The summed E-state index contributed by atoms with van der Waals surface area (Å²) in [6.07, 6.45) is 4.64. The molecule has 0 aliphatic carbocycles. The van der Waals surface area contributed by atoms with E-state index in [1.807, 2.05) is 12.1 Å². The van der Waals surface area contributed by atoms with Crippen LogP contribution in [0.2, 0.25) is 0 Å². The van der Waals surface area contributed by atoms with Crippen LogP contribution in [-0.4, -0.2) is 26.9 Å². The van der Waals surface area contributed by atoms with Crippen molar-refractivity contribution in [2.24, 2.45) is 10.1 Å². The first-order valence-corrected chi connectivity index (χ1v) is 7.67. The summed E-state index contributed by atoms with van der Waals surface area (Å²) < 4.78 is 0. The minimum Gasteiger partial charge on any atom is -0.259 e. The Morgan fingerprint density at radius 2 is 1.73 bits per heavy atom. The second kappa shape index (κ2) is 8.25. The number of rotatable bonds is 5. The average Bonchev–Trinajstić information content (AvgIpc) is 2.69. The number of nitrogens with zero attached hydrogens (tertiary/aromatic N) is 5. The Kier molecular flexibility index (Phi) is 5.36. The van der Waals surface area contributed by atoms with Gasteiger partial charge in [0.1, 0.15) is 5.69 Å². The normalized spacial score (nSPS) is 11.5. The van der Waals surface area contributed by atoms with Gasteiger partial charge < -0.3 is 0 Å². The van der Waals surface area contributed by atoms with Gasteiger partial charge in [0.2, 0.25) is 0 Å². The number of nitrogens with one attached hydrogen (secondary N) is 1. The molecular weight excluding hydrogens is 332 g/mol. The monoisotopic (exact) mass is 346 g/mol. The molecular formula is C18H14N6O2. The Morgan fingerprint density at radius 1 is 1.00 bits per heavy atom. The van der Waals surface area contributed by atoms with E-state index in [1.54, 1.807) is 54.9 Å². The van der Waals surface area contributed by atoms with Crippen LogP contribution >= 0.6 is 0 Å². The van der Waals surface area contributed by atoms with Gasteiger partial charge in [-0.1, -0.05) is 24.3 Å². The Balaban J connectivity index is 1.88. The highest BCUT2D eigenvalue weighted by Crippen LogP contribution is 2.15. The van der Waals surface area contributed by atoms with E-state index in [2.05, 4.69) is 25.5 Å². The van der Waals surface area contributed by atoms with Crippen molar-refractivity contribution in [2.75, 3.05) is 0 Å². The van der Waals surface area contributed by atoms with E-state index in [9.17, 15) is 10.1 Å². The first-order valence-electron chi connectivity index (χ1n) is 7.67. The second-order valence-electron chi connectivity index (χ2n) is 5.05. The van der Waals surface area contributed by atoms with Gasteiger partial charge in [-0.25, -0.2) is 9.98 Å². The van der Waals surface area contributed by atoms with Crippen LogP contribution in [-0.2, 0) is 0 Å². The van der Waals surface area contributed by atoms with Crippen LogP contribution in [0.4, 0.5) is 11.5 Å². The quantitative estimate of drug-likeness (QED) is 0.331. The number of hydrogen-bond donors (Lipinski definition) is 1. The zero-order chi connectivity index (χ0) is 18.2. The number of aromatic nitrogens is 2. The predicted molar refractivity (Wildman–Crippen MR) is 98.5 cm³/mol. The van der Waals surface area contributed by atoms with Crippen LogP contribution < -0.4 is 5.43 Å². The number of benzene rings is 1. The molecule has 8 nitrogen and oxygen atoms in total. The minimum atomic E-state index is -0.455. The molecule has 0 spiro atoms. The van der Waals surface area contributed by atoms with E-state index in [4.69, 9.17) is 0 Å². The van der Waals surface area contributed by atoms with E-state index in [0.29, 0.717) is 22.9 Å². The molecule has 0 atom stereocenters. The zero-order valence-electron chi connectivity index (χ0n) is 13.6. The Bertz CT molecular complexity index is 942. The van der Waals surface area contributed by atoms with Crippen molar-refractivity contribution in [3.8, 4) is 0 Å². The van der Waals surface area contributed by atoms with E-state index in [0.717, 1.165) is 0 Å². The lowest BCUT2D eigenvalue weighted by Gasteiger charge is -2.05. The summed E-state index contributed by atoms with van der Waals surface area (Å²) in [6.45, 7) is 0. The maximum absolute atomic E-state index is 11.1. The summed E-state index contributed by atoms with van der Waals surface area (Å²) >= 11 is 0. The van der Waals surface area contributed by atoms with Crippen LogP contribution in [0.5, 0.6) is 0 Å². The fourth-order valence-corrected chi connectivity index (χ4v) is 2.10. The maximum atomic E-state index is 11.1. The number of hydrogen-bond acceptors (Lipinski definition) is 6. The van der Waals surface area contributed by atoms with Gasteiger partial charge in [-0.3, -0.25) is 20.5 Å². The number of pyridine rings is 2. The third-order valence-electron chi connectivity index (χ3n) is 3.29. The fraction of sp³-hybridized carbons (Fsp3) is 0. The molecule has 0 saturated heterocycles. The number of nitro benzene ring substituents is 1. The average molecular weight is 346 g/mol. The van der Waals surface area contributed by atoms with Crippen LogP contribution in [0, 0.1) is 10.1 Å². The molecule has 1 aromatic carbocycles. The van der Waals surface area contributed by atoms with Gasteiger partial charge in [-0.05, 0) is 30.3 Å². The molecule has 128 valence electrons. The molecule has 1 N–H and O–H groups in total. The summed E-state index contributed by atoms with van der Waals surface area (Å²) in [6, 6.07) is 17.1. The van der Waals surface area contributed by atoms with E-state index in [-0.39, 0.29) is 5.69 Å². The number of hydrazone groups is 1. The number of aliphatic imine (C=N–C) groups is 1. The predicted octanol–water partition coefficient (Wildman–Crippen LogP) is 3.09. The molecule has 0 bridgehead atoms. The van der Waals surface area contributed by atoms with Crippen molar-refractivity contribution in [1.29, 1.82) is 0 Å². The molecule has 8 heteroatoms. The minimum absolute atomic E-state index is 0.0286. The molecule has 0 unspecified atom stereocenters. The molecule has 26 heavy (non-hydrogen) atoms. The Labute approximate surface area is 149 Å². The summed E-state index contributed by atoms with van der Waals surface area (Å²) in [5, 5.41) is 15.1. The SMILES string of the molecule is O=[N+]([O-])c1ccccc1C=NNC(=Nc1ccccn1)c1ccccn1. The fourth-order valence-electron chi connectivity index (χ4n) is 2.10. The standard InChI is InChI=1S/C18H14N6O2/c25-24(26)16-9-2-1-7-14(16)13-21-23-18(15-8-3-5-11-19-15)22-17-10-4-6-12-20-17/h1-13H,(H,20,22,23). The van der Waals surface area contributed by atoms with Crippen molar-refractivity contribution < 1.29 is 4.92 Å². The first kappa shape index (κ1) is 16.9. The second-order valence-corrected chi connectivity index (χ2v) is 5.05. The Hall–Kier alpha value is -3.94. The van der Waals surface area contributed by atoms with Crippen LogP contribution in [0.15, 0.2) is 83.2 Å². The molecule has 3 rings (SSSR count). The van der Waals surface area contributed by atoms with Crippen molar-refractivity contribution in [3.63, 3.8) is 0 Å². The third-order valence-corrected chi connectivity index (χ3v) is 3.29. The van der Waals surface area contributed by atoms with E-state index in [1.165, 1.54) is 12.3 Å². The van der Waals surface area contributed by atoms with Gasteiger partial charge in [0.05, 0.1) is 16.7 Å². The molecule has 0 amide bonds. The van der Waals surface area contributed by atoms with Crippen molar-refractivity contribution in [3.05, 3.63) is 94.4 Å². The van der Waals surface area contributed by atoms with E-state index >= 15 is 0 Å². The third kappa shape index (κ3) is 4.32. The van der Waals surface area contributed by atoms with Gasteiger partial charge >= 0.3 is 0 Å². The molecule has 0 fully saturated rings. The topological polar surface area (TPSA) is 106 Å². The maximum Gasteiger partial charge on any atom is 0.278 e. The number of nitro groups is 1. The molecule has 2 aromatic heterocycles. The van der Waals surface area contributed by atoms with Gasteiger partial charge in [0.15, 0.2) is 11.7 Å². The highest BCUT2D eigenvalue weighted by atomic mass is 16.6. The molecule has 0 radical (unpaired) electrons. The van der Waals surface area contributed by atoms with Gasteiger partial charge in [0, 0.05) is 18.5 Å². The smallest absolute Gasteiger partial charge is 0.259 e. The molecule has 2 heterocycles. The molecule has 0 saturated carbocycles. The largest absolute Gasteiger partial charge is 0.278 e. The summed E-state index contributed by atoms with van der Waals surface area (Å²) in [5.74, 6) is 0.862. The lowest BCUT2D eigenvalue weighted by molar-refractivity contribution is -0.385. The highest BCUT2D eigenvalue weighted by Gasteiger charge is 2.10. The van der Waals surface area contributed by atoms with Crippen LogP contribution in [0.25, 0.3) is 0 Å². The molecule has 0 aliphatic heterocycles. The molecule has 0 aliphatic rings. The number of para-hydroxylation sites is 1. The van der Waals surface area contributed by atoms with Crippen molar-refractivity contribution >= 4 is 23.6 Å². The lowest BCUT2D eigenvalue weighted by atomic mass is 10.2. The van der Waals surface area contributed by atoms with Gasteiger partial charge in [-0.15, -0.1) is 0 Å². The highest BCUT2D eigenvalue weighted by molar-refractivity contribution is 5.99. The number of amidine groups is 1. The zero-order valence-corrected chi connectivity index (χ0v) is 13.6. The van der Waals surface area contributed by atoms with Crippen molar-refractivity contribution in [1.82, 2.24) is 15.4 Å². The van der Waals surface area contributed by atoms with Gasteiger partial charge in [0.25, 0.3) is 5.69 Å². The lowest BCUT2D eigenvalue weighted by Crippen LogP contribution is -2.20. The van der Waals surface area contributed by atoms with Crippen LogP contribution in [0.3, 0.4) is 0 Å². The summed E-state index contributed by atoms with van der Waals surface area (Å²) in [4.78, 5) is 23.4. The first-order chi connectivity index (χ1) is 12.7. The summed E-state index contributed by atoms with van der Waals surface area (Å²) in [5.41, 5.74) is 3.71. The molecule has 3 aromatic rings. The summed E-state index contributed by atoms with van der Waals surface area (Å²) in [7, 11) is 0. The van der Waals surface area contributed by atoms with Crippen LogP contribution in [0.1, 0.15) is 11.3 Å².